The van der Waals surface area contributed by atoms with Crippen LogP contribution in [0.5, 0.6) is 0 Å². The van der Waals surface area contributed by atoms with Crippen molar-refractivity contribution in [2.24, 2.45) is 5.41 Å². The summed E-state index contributed by atoms with van der Waals surface area (Å²) in [6, 6.07) is 0. The van der Waals surface area contributed by atoms with Gasteiger partial charge in [0.2, 0.25) is 0 Å². The van der Waals surface area contributed by atoms with E-state index in [1.54, 1.807) is 13.8 Å². The zero-order valence-electron chi connectivity index (χ0n) is 7.18. The Hall–Kier alpha value is -0.660. The van der Waals surface area contributed by atoms with Crippen LogP contribution in [0, 0.1) is 5.41 Å². The van der Waals surface area contributed by atoms with Crippen LogP contribution in [0.15, 0.2) is 0 Å². The summed E-state index contributed by atoms with van der Waals surface area (Å²) in [4.78, 5) is 19.9. The van der Waals surface area contributed by atoms with Gasteiger partial charge in [-0.15, -0.1) is 0 Å². The molecule has 0 aliphatic rings. The highest BCUT2D eigenvalue weighted by Crippen LogP contribution is 2.13. The van der Waals surface area contributed by atoms with Gasteiger partial charge in [-0.25, -0.2) is 0 Å². The fourth-order valence-electron chi connectivity index (χ4n) is 0.263. The molecule has 0 saturated carbocycles. The van der Waals surface area contributed by atoms with E-state index in [1.807, 2.05) is 13.8 Å². The molecule has 0 saturated heterocycles. The first-order chi connectivity index (χ1) is 4.62. The van der Waals surface area contributed by atoms with Crippen molar-refractivity contribution < 1.29 is 9.59 Å². The van der Waals surface area contributed by atoms with Gasteiger partial charge < -0.3 is 9.59 Å². The van der Waals surface area contributed by atoms with Crippen molar-refractivity contribution >= 4 is 12.6 Å². The SMILES string of the molecule is CC.CC(C)(C=O)CC=O. The predicted molar refractivity (Wildman–Crippen MR) is 41.9 cm³/mol. The monoisotopic (exact) mass is 144 g/mol. The lowest BCUT2D eigenvalue weighted by Gasteiger charge is -2.09. The second kappa shape index (κ2) is 6.46. The Morgan fingerprint density at radius 3 is 1.70 bits per heavy atom. The van der Waals surface area contributed by atoms with Gasteiger partial charge in [0.05, 0.1) is 0 Å². The zero-order chi connectivity index (χ0) is 8.62. The average molecular weight is 144 g/mol. The molecule has 0 radical (unpaired) electrons. The molecule has 0 amide bonds. The molecule has 0 N–H and O–H groups in total. The Kier molecular flexibility index (Phi) is 7.79. The van der Waals surface area contributed by atoms with E-state index >= 15 is 0 Å². The predicted octanol–water partition coefficient (Wildman–Crippen LogP) is 1.83. The first-order valence-corrected chi connectivity index (χ1v) is 3.52. The lowest BCUT2D eigenvalue weighted by molar-refractivity contribution is -0.119. The van der Waals surface area contributed by atoms with E-state index < -0.39 is 5.41 Å². The van der Waals surface area contributed by atoms with Crippen LogP contribution in [0.3, 0.4) is 0 Å². The van der Waals surface area contributed by atoms with Crippen molar-refractivity contribution in [2.45, 2.75) is 34.1 Å². The molecule has 0 heterocycles. The van der Waals surface area contributed by atoms with Gasteiger partial charge in [-0.1, -0.05) is 27.7 Å². The van der Waals surface area contributed by atoms with Crippen LogP contribution in [-0.4, -0.2) is 12.6 Å². The van der Waals surface area contributed by atoms with Crippen molar-refractivity contribution in [2.75, 3.05) is 0 Å². The summed E-state index contributed by atoms with van der Waals surface area (Å²) < 4.78 is 0. The minimum absolute atomic E-state index is 0.316. The van der Waals surface area contributed by atoms with E-state index in [9.17, 15) is 9.59 Å². The van der Waals surface area contributed by atoms with E-state index in [1.165, 1.54) is 0 Å². The summed E-state index contributed by atoms with van der Waals surface area (Å²) in [6.07, 6.45) is 1.87. The molecular formula is C8H16O2. The van der Waals surface area contributed by atoms with Crippen LogP contribution in [-0.2, 0) is 9.59 Å². The highest BCUT2D eigenvalue weighted by Gasteiger charge is 2.14. The third kappa shape index (κ3) is 7.34. The van der Waals surface area contributed by atoms with E-state index in [2.05, 4.69) is 0 Å². The Bertz CT molecular complexity index is 95.4. The van der Waals surface area contributed by atoms with Gasteiger partial charge in [0, 0.05) is 11.8 Å². The first kappa shape index (κ1) is 12.1. The molecule has 0 aliphatic carbocycles. The highest BCUT2D eigenvalue weighted by atomic mass is 16.1. The van der Waals surface area contributed by atoms with Crippen LogP contribution >= 0.6 is 0 Å². The quantitative estimate of drug-likeness (QED) is 0.566. The van der Waals surface area contributed by atoms with Gasteiger partial charge in [-0.05, 0) is 0 Å². The molecule has 0 fully saturated rings. The second-order valence-corrected chi connectivity index (χ2v) is 2.48. The Morgan fingerprint density at radius 1 is 1.20 bits per heavy atom. The summed E-state index contributed by atoms with van der Waals surface area (Å²) in [5.74, 6) is 0. The van der Waals surface area contributed by atoms with Gasteiger partial charge >= 0.3 is 0 Å². The van der Waals surface area contributed by atoms with Crippen LogP contribution < -0.4 is 0 Å². The largest absolute Gasteiger partial charge is 0.303 e. The van der Waals surface area contributed by atoms with E-state index in [0.717, 1.165) is 12.6 Å². The number of aldehydes is 2. The molecule has 0 spiro atoms. The molecule has 0 unspecified atom stereocenters. The van der Waals surface area contributed by atoms with Crippen molar-refractivity contribution in [3.8, 4) is 0 Å². The second-order valence-electron chi connectivity index (χ2n) is 2.48. The lowest BCUT2D eigenvalue weighted by Crippen LogP contribution is -2.12. The minimum atomic E-state index is -0.457. The summed E-state index contributed by atoms with van der Waals surface area (Å²) >= 11 is 0. The lowest BCUT2D eigenvalue weighted by atomic mass is 9.93. The molecule has 60 valence electrons. The fourth-order valence-corrected chi connectivity index (χ4v) is 0.263. The van der Waals surface area contributed by atoms with Crippen LogP contribution in [0.25, 0.3) is 0 Å². The Balaban J connectivity index is 0. The molecular weight excluding hydrogens is 128 g/mol. The number of rotatable bonds is 3. The standard InChI is InChI=1S/C6H10O2.C2H6/c1-6(2,5-8)3-4-7;1-2/h4-5H,3H2,1-2H3;1-2H3. The van der Waals surface area contributed by atoms with Gasteiger partial charge in [-0.2, -0.15) is 0 Å². The van der Waals surface area contributed by atoms with Crippen molar-refractivity contribution in [3.05, 3.63) is 0 Å². The molecule has 0 aromatic heterocycles. The Morgan fingerprint density at radius 2 is 1.60 bits per heavy atom. The van der Waals surface area contributed by atoms with E-state index in [4.69, 9.17) is 0 Å². The van der Waals surface area contributed by atoms with Crippen LogP contribution in [0.1, 0.15) is 34.1 Å². The van der Waals surface area contributed by atoms with Gasteiger partial charge in [-0.3, -0.25) is 0 Å². The average Bonchev–Trinajstić information content (AvgIpc) is 1.93. The van der Waals surface area contributed by atoms with Gasteiger partial charge in [0.25, 0.3) is 0 Å². The number of carbonyl (C=O) groups excluding carboxylic acids is 2. The number of carbonyl (C=O) groups is 2. The molecule has 0 aliphatic heterocycles. The normalized spacial score (nSPS) is 9.20. The number of hydrogen-bond acceptors (Lipinski definition) is 2. The van der Waals surface area contributed by atoms with Crippen LogP contribution in [0.4, 0.5) is 0 Å². The molecule has 0 atom stereocenters. The molecule has 0 rings (SSSR count). The maximum absolute atomic E-state index is 10.1. The molecule has 2 heteroatoms. The maximum atomic E-state index is 10.1. The van der Waals surface area contributed by atoms with Gasteiger partial charge in [0.1, 0.15) is 12.6 Å². The summed E-state index contributed by atoms with van der Waals surface area (Å²) in [7, 11) is 0. The summed E-state index contributed by atoms with van der Waals surface area (Å²) in [6.45, 7) is 7.46. The minimum Gasteiger partial charge on any atom is -0.303 e. The third-order valence-corrected chi connectivity index (χ3v) is 0.928. The fraction of sp³-hybridized carbons (Fsp3) is 0.750. The van der Waals surface area contributed by atoms with Gasteiger partial charge in [0.15, 0.2) is 0 Å². The number of hydrogen-bond donors (Lipinski definition) is 0. The Labute approximate surface area is 62.6 Å². The maximum Gasteiger partial charge on any atom is 0.126 e. The van der Waals surface area contributed by atoms with Crippen LogP contribution in [0.2, 0.25) is 0 Å². The van der Waals surface area contributed by atoms with E-state index in [-0.39, 0.29) is 0 Å². The van der Waals surface area contributed by atoms with Crippen molar-refractivity contribution in [3.63, 3.8) is 0 Å². The van der Waals surface area contributed by atoms with Crippen molar-refractivity contribution in [1.29, 1.82) is 0 Å². The first-order valence-electron chi connectivity index (χ1n) is 3.52. The summed E-state index contributed by atoms with van der Waals surface area (Å²) in [5, 5.41) is 0. The molecule has 2 nitrogen and oxygen atoms in total. The zero-order valence-corrected chi connectivity index (χ0v) is 7.18. The third-order valence-electron chi connectivity index (χ3n) is 0.928. The molecule has 0 aromatic rings. The smallest absolute Gasteiger partial charge is 0.126 e. The topological polar surface area (TPSA) is 34.1 Å². The van der Waals surface area contributed by atoms with E-state index in [0.29, 0.717) is 6.42 Å². The molecule has 0 aromatic carbocycles. The molecule has 10 heavy (non-hydrogen) atoms. The summed E-state index contributed by atoms with van der Waals surface area (Å²) in [5.41, 5.74) is -0.457. The van der Waals surface area contributed by atoms with Crippen molar-refractivity contribution in [1.82, 2.24) is 0 Å². The molecule has 0 bridgehead atoms. The highest BCUT2D eigenvalue weighted by molar-refractivity contribution is 5.65.